The van der Waals surface area contributed by atoms with Crippen molar-refractivity contribution in [1.82, 2.24) is 9.13 Å². The Bertz CT molecular complexity index is 2600. The number of carboxylic acid groups (broad SMARTS) is 2. The third-order valence-electron chi connectivity index (χ3n) is 11.7. The monoisotopic (exact) mass is 884 g/mol. The number of rotatable bonds is 10. The number of hydrogen-bond donors (Lipinski definition) is 2. The van der Waals surface area contributed by atoms with Crippen LogP contribution in [0.3, 0.4) is 0 Å². The molecule has 2 fully saturated rings. The van der Waals surface area contributed by atoms with Crippen LogP contribution < -0.4 is 9.47 Å². The highest BCUT2D eigenvalue weighted by molar-refractivity contribution is 6.37. The Balaban J connectivity index is 0.000000181. The molecule has 0 bridgehead atoms. The van der Waals surface area contributed by atoms with E-state index < -0.39 is 11.9 Å². The van der Waals surface area contributed by atoms with Gasteiger partial charge in [-0.3, -0.25) is 9.59 Å². The van der Waals surface area contributed by atoms with Crippen LogP contribution in [-0.4, -0.2) is 43.5 Å². The summed E-state index contributed by atoms with van der Waals surface area (Å²) in [6.07, 6.45) is 2.62. The molecular formula is C46H40Cl4N4O6. The van der Waals surface area contributed by atoms with Crippen molar-refractivity contribution in [2.75, 3.05) is 0 Å². The summed E-state index contributed by atoms with van der Waals surface area (Å²) in [5.74, 6) is -1.24. The van der Waals surface area contributed by atoms with Crippen LogP contribution >= 0.6 is 46.4 Å². The number of benzene rings is 4. The molecule has 0 aliphatic heterocycles. The maximum absolute atomic E-state index is 11.0. The molecule has 2 aromatic heterocycles. The van der Waals surface area contributed by atoms with Gasteiger partial charge in [-0.25, -0.2) is 0 Å². The van der Waals surface area contributed by atoms with Gasteiger partial charge >= 0.3 is 11.9 Å². The van der Waals surface area contributed by atoms with E-state index in [0.29, 0.717) is 81.2 Å². The van der Waals surface area contributed by atoms with Gasteiger partial charge in [0.15, 0.2) is 0 Å². The molecule has 10 nitrogen and oxygen atoms in total. The molecule has 4 aromatic carbocycles. The van der Waals surface area contributed by atoms with Gasteiger partial charge in [-0.2, -0.15) is 10.5 Å². The molecular weight excluding hydrogens is 846 g/mol. The lowest BCUT2D eigenvalue weighted by Gasteiger charge is -2.33. The van der Waals surface area contributed by atoms with E-state index in [4.69, 9.17) is 66.1 Å². The van der Waals surface area contributed by atoms with E-state index in [2.05, 4.69) is 24.3 Å². The van der Waals surface area contributed by atoms with Crippen molar-refractivity contribution in [3.63, 3.8) is 0 Å². The van der Waals surface area contributed by atoms with Crippen LogP contribution in [0, 0.1) is 48.3 Å². The van der Waals surface area contributed by atoms with E-state index in [9.17, 15) is 20.1 Å². The van der Waals surface area contributed by atoms with Gasteiger partial charge in [0, 0.05) is 70.2 Å². The summed E-state index contributed by atoms with van der Waals surface area (Å²) in [5.41, 5.74) is 8.83. The van der Waals surface area contributed by atoms with Crippen molar-refractivity contribution in [2.45, 2.75) is 64.6 Å². The third kappa shape index (κ3) is 8.48. The van der Waals surface area contributed by atoms with Gasteiger partial charge in [0.25, 0.3) is 0 Å². The number of halogens is 4. The average Bonchev–Trinajstić information content (AvgIpc) is 3.67. The predicted molar refractivity (Wildman–Crippen MR) is 233 cm³/mol. The van der Waals surface area contributed by atoms with Crippen molar-refractivity contribution in [2.24, 2.45) is 25.9 Å². The number of aliphatic carboxylic acids is 2. The van der Waals surface area contributed by atoms with Crippen LogP contribution in [0.4, 0.5) is 0 Å². The molecule has 2 N–H and O–H groups in total. The normalized spacial score (nSPS) is 18.1. The van der Waals surface area contributed by atoms with Crippen molar-refractivity contribution in [1.29, 1.82) is 10.5 Å². The summed E-state index contributed by atoms with van der Waals surface area (Å²) in [7, 11) is 3.92. The van der Waals surface area contributed by atoms with Crippen LogP contribution in [-0.2, 0) is 36.5 Å². The number of nitriles is 2. The zero-order valence-corrected chi connectivity index (χ0v) is 36.2. The first kappa shape index (κ1) is 42.8. The Kier molecular flexibility index (Phi) is 12.3. The van der Waals surface area contributed by atoms with E-state index >= 15 is 0 Å². The fourth-order valence-corrected chi connectivity index (χ4v) is 9.00. The molecule has 0 saturated heterocycles. The first-order chi connectivity index (χ1) is 28.6. The van der Waals surface area contributed by atoms with E-state index in [1.807, 2.05) is 61.3 Å². The first-order valence-corrected chi connectivity index (χ1v) is 20.8. The van der Waals surface area contributed by atoms with Crippen LogP contribution in [0.25, 0.3) is 21.8 Å². The summed E-state index contributed by atoms with van der Waals surface area (Å²) < 4.78 is 16.0. The number of aromatic nitrogens is 2. The molecule has 0 atom stereocenters. The quantitative estimate of drug-likeness (QED) is 0.138. The second-order valence-electron chi connectivity index (χ2n) is 15.6. The maximum atomic E-state index is 11.0. The van der Waals surface area contributed by atoms with Crippen LogP contribution in [0.2, 0.25) is 20.1 Å². The fraction of sp³-hybridized carbons (Fsp3) is 0.304. The molecule has 0 unspecified atom stereocenters. The molecule has 2 saturated carbocycles. The zero-order valence-electron chi connectivity index (χ0n) is 33.2. The smallest absolute Gasteiger partial charge is 0.306 e. The van der Waals surface area contributed by atoms with Crippen molar-refractivity contribution in [3.8, 4) is 23.6 Å². The van der Waals surface area contributed by atoms with Crippen molar-refractivity contribution >= 4 is 80.1 Å². The summed E-state index contributed by atoms with van der Waals surface area (Å²) in [5, 5.41) is 40.7. The molecule has 0 radical (unpaired) electrons. The van der Waals surface area contributed by atoms with Crippen LogP contribution in [0.5, 0.6) is 11.5 Å². The number of aryl methyl sites for hydroxylation is 4. The Morgan fingerprint density at radius 1 is 0.650 bits per heavy atom. The van der Waals surface area contributed by atoms with E-state index in [0.717, 1.165) is 55.4 Å². The van der Waals surface area contributed by atoms with Crippen molar-refractivity contribution < 1.29 is 29.3 Å². The summed E-state index contributed by atoms with van der Waals surface area (Å²) in [6.45, 7) is 3.98. The van der Waals surface area contributed by atoms with E-state index in [1.54, 1.807) is 24.3 Å². The van der Waals surface area contributed by atoms with E-state index in [1.165, 1.54) is 0 Å². The highest BCUT2D eigenvalue weighted by atomic mass is 35.5. The molecule has 0 amide bonds. The van der Waals surface area contributed by atoms with Gasteiger partial charge < -0.3 is 28.8 Å². The zero-order chi connectivity index (χ0) is 43.2. The summed E-state index contributed by atoms with van der Waals surface area (Å²) >= 11 is 26.2. The first-order valence-electron chi connectivity index (χ1n) is 19.3. The second-order valence-corrected chi connectivity index (χ2v) is 17.2. The van der Waals surface area contributed by atoms with Gasteiger partial charge in [-0.1, -0.05) is 46.4 Å². The van der Waals surface area contributed by atoms with Gasteiger partial charge in [-0.05, 0) is 122 Å². The maximum Gasteiger partial charge on any atom is 0.306 e. The minimum Gasteiger partial charge on any atom is -0.489 e. The van der Waals surface area contributed by atoms with Crippen LogP contribution in [0.15, 0.2) is 60.7 Å². The minimum absolute atomic E-state index is 0.151. The Morgan fingerprint density at radius 2 is 1.02 bits per heavy atom. The highest BCUT2D eigenvalue weighted by Gasteiger charge is 2.37. The second kappa shape index (κ2) is 17.3. The molecule has 6 aromatic rings. The number of carboxylic acids is 2. The molecule has 308 valence electrons. The highest BCUT2D eigenvalue weighted by Crippen LogP contribution is 2.41. The molecule has 60 heavy (non-hydrogen) atoms. The number of ether oxygens (including phenoxy) is 2. The van der Waals surface area contributed by atoms with Crippen LogP contribution in [0.1, 0.15) is 70.5 Å². The summed E-state index contributed by atoms with van der Waals surface area (Å²) in [4.78, 5) is 22.0. The average molecular weight is 887 g/mol. The third-order valence-corrected chi connectivity index (χ3v) is 13.2. The van der Waals surface area contributed by atoms with Gasteiger partial charge in [0.1, 0.15) is 23.7 Å². The molecule has 2 heterocycles. The lowest BCUT2D eigenvalue weighted by Crippen LogP contribution is -2.38. The Hall–Kier alpha value is -5.36. The fourth-order valence-electron chi connectivity index (χ4n) is 7.90. The molecule has 2 aliphatic rings. The standard InChI is InChI=1S/2C23H20Cl2N2O3/c2*1-12-5-13(11-26)6-20-17(12)9-15(27(20)2)10-18-19(24)3-4-21(22(18)25)30-16-7-14(8-16)23(28)29/h2*3-6,9,14,16H,7-8,10H2,1-2H3,(H,28,29). The molecule has 8 rings (SSSR count). The Morgan fingerprint density at radius 3 is 1.35 bits per heavy atom. The molecule has 14 heteroatoms. The number of nitrogens with zero attached hydrogens (tertiary/aromatic N) is 4. The number of carbonyl (C=O) groups is 2. The van der Waals surface area contributed by atoms with Gasteiger partial charge in [0.2, 0.25) is 0 Å². The lowest BCUT2D eigenvalue weighted by molar-refractivity contribution is -0.148. The predicted octanol–water partition coefficient (Wildman–Crippen LogP) is 11.0. The molecule has 0 spiro atoms. The van der Waals surface area contributed by atoms with Crippen molar-refractivity contribution in [3.05, 3.63) is 126 Å². The number of fused-ring (bicyclic) bond motifs is 2. The van der Waals surface area contributed by atoms with Gasteiger partial charge in [0.05, 0.1) is 45.1 Å². The Labute approximate surface area is 367 Å². The lowest BCUT2D eigenvalue weighted by atomic mass is 9.82. The van der Waals surface area contributed by atoms with Gasteiger partial charge in [-0.15, -0.1) is 0 Å². The molecule has 2 aliphatic carbocycles. The largest absolute Gasteiger partial charge is 0.489 e. The minimum atomic E-state index is -0.789. The SMILES string of the molecule is Cc1cc(C#N)cc2c1cc(Cc1c(Cl)ccc(OC3CC(C(=O)O)C3)c1Cl)n2C.Cc1cc(C#N)cc2c1cc(Cc1c(Cl)ccc(OC3CC(C(=O)O)C3)c1Cl)n2C. The number of hydrogen-bond acceptors (Lipinski definition) is 6. The summed E-state index contributed by atoms with van der Waals surface area (Å²) in [6, 6.07) is 23.1. The topological polar surface area (TPSA) is 150 Å². The van der Waals surface area contributed by atoms with E-state index in [-0.39, 0.29) is 24.0 Å².